The number of nitrogens with zero attached hydrogens (tertiary/aromatic N) is 3. The Morgan fingerprint density at radius 2 is 1.75 bits per heavy atom. The van der Waals surface area contributed by atoms with Gasteiger partial charge in [0, 0.05) is 5.69 Å². The molecule has 5 nitrogen and oxygen atoms in total. The Bertz CT molecular complexity index is 759. The van der Waals surface area contributed by atoms with Crippen LogP contribution in [0, 0.1) is 22.7 Å². The van der Waals surface area contributed by atoms with Gasteiger partial charge < -0.3 is 11.1 Å². The fourth-order valence-corrected chi connectivity index (χ4v) is 1.92. The lowest BCUT2D eigenvalue weighted by molar-refractivity contribution is 1.31. The number of nitrogens with two attached hydrogens (primary N) is 1. The number of nitrogen functional groups attached to an aromatic ring is 1. The Kier molecular flexibility index (Phi) is 3.95. The highest BCUT2D eigenvalue weighted by Gasteiger charge is 2.09. The van der Waals surface area contributed by atoms with Gasteiger partial charge in [-0.2, -0.15) is 10.5 Å². The summed E-state index contributed by atoms with van der Waals surface area (Å²) in [7, 11) is 0. The number of aromatic nitrogens is 1. The molecule has 1 heterocycles. The molecule has 0 bridgehead atoms. The lowest BCUT2D eigenvalue weighted by atomic mass is 10.1. The Morgan fingerprint density at radius 3 is 2.40 bits per heavy atom. The van der Waals surface area contributed by atoms with Crippen molar-refractivity contribution < 1.29 is 0 Å². The smallest absolute Gasteiger partial charge is 0.151 e. The van der Waals surface area contributed by atoms with Gasteiger partial charge in [0.1, 0.15) is 18.0 Å². The minimum Gasteiger partial charge on any atom is -0.382 e. The quantitative estimate of drug-likeness (QED) is 0.885. The molecule has 3 N–H and O–H groups in total. The third kappa shape index (κ3) is 2.75. The highest BCUT2D eigenvalue weighted by molar-refractivity contribution is 6.37. The van der Waals surface area contributed by atoms with E-state index in [1.165, 1.54) is 18.2 Å². The molecule has 0 atom stereocenters. The Labute approximate surface area is 125 Å². The summed E-state index contributed by atoms with van der Waals surface area (Å²) in [4.78, 5) is 4.02. The second-order valence-electron chi connectivity index (χ2n) is 3.79. The van der Waals surface area contributed by atoms with E-state index in [0.29, 0.717) is 22.1 Å². The van der Waals surface area contributed by atoms with Gasteiger partial charge in [0.25, 0.3) is 0 Å². The number of rotatable bonds is 2. The van der Waals surface area contributed by atoms with Crippen molar-refractivity contribution in [3.05, 3.63) is 45.4 Å². The maximum absolute atomic E-state index is 8.97. The van der Waals surface area contributed by atoms with Crippen LogP contribution in [-0.4, -0.2) is 4.98 Å². The minimum absolute atomic E-state index is 0.146. The number of anilines is 3. The second kappa shape index (κ2) is 5.66. The number of pyridine rings is 1. The van der Waals surface area contributed by atoms with Gasteiger partial charge in [-0.1, -0.05) is 23.2 Å². The van der Waals surface area contributed by atoms with Crippen molar-refractivity contribution in [2.75, 3.05) is 11.1 Å². The Morgan fingerprint density at radius 1 is 1.05 bits per heavy atom. The molecule has 0 amide bonds. The molecule has 2 aromatic rings. The molecule has 7 heteroatoms. The third-order valence-electron chi connectivity index (χ3n) is 2.48. The van der Waals surface area contributed by atoms with Crippen molar-refractivity contribution in [2.24, 2.45) is 0 Å². The van der Waals surface area contributed by atoms with E-state index in [0.717, 1.165) is 0 Å². The lowest BCUT2D eigenvalue weighted by Crippen LogP contribution is -1.99. The van der Waals surface area contributed by atoms with E-state index in [1.54, 1.807) is 6.07 Å². The van der Waals surface area contributed by atoms with Crippen LogP contribution in [0.15, 0.2) is 24.3 Å². The standard InChI is InChI=1S/C13H7Cl2N5/c14-10-4-11(15)13(20-12(10)18)19-9-2-1-7(5-16)8(3-9)6-17/h1-4H,(H3,18,19,20). The monoisotopic (exact) mass is 303 g/mol. The van der Waals surface area contributed by atoms with E-state index < -0.39 is 0 Å². The molecule has 1 aromatic carbocycles. The van der Waals surface area contributed by atoms with E-state index in [1.807, 2.05) is 12.1 Å². The van der Waals surface area contributed by atoms with E-state index >= 15 is 0 Å². The average Bonchev–Trinajstić information content (AvgIpc) is 2.44. The molecule has 1 aromatic heterocycles. The molecule has 0 saturated carbocycles. The van der Waals surface area contributed by atoms with E-state index in [2.05, 4.69) is 10.3 Å². The highest BCUT2D eigenvalue weighted by atomic mass is 35.5. The van der Waals surface area contributed by atoms with Crippen LogP contribution < -0.4 is 11.1 Å². The molecule has 0 spiro atoms. The van der Waals surface area contributed by atoms with Gasteiger partial charge in [-0.25, -0.2) is 4.98 Å². The van der Waals surface area contributed by atoms with Crippen molar-refractivity contribution in [2.45, 2.75) is 0 Å². The van der Waals surface area contributed by atoms with Gasteiger partial charge in [-0.05, 0) is 24.3 Å². The minimum atomic E-state index is 0.146. The Balaban J connectivity index is 2.39. The molecule has 0 aliphatic heterocycles. The molecular formula is C13H7Cl2N5. The fourth-order valence-electron chi connectivity index (χ4n) is 1.52. The van der Waals surface area contributed by atoms with Crippen molar-refractivity contribution in [3.63, 3.8) is 0 Å². The molecule has 0 fully saturated rings. The van der Waals surface area contributed by atoms with Crippen LogP contribution in [0.4, 0.5) is 17.3 Å². The lowest BCUT2D eigenvalue weighted by Gasteiger charge is -2.09. The largest absolute Gasteiger partial charge is 0.382 e. The number of halogens is 2. The molecule has 0 saturated heterocycles. The van der Waals surface area contributed by atoms with E-state index in [9.17, 15) is 0 Å². The number of nitriles is 2. The van der Waals surface area contributed by atoms with Crippen molar-refractivity contribution in [1.82, 2.24) is 4.98 Å². The van der Waals surface area contributed by atoms with Crippen LogP contribution in [0.25, 0.3) is 0 Å². The summed E-state index contributed by atoms with van der Waals surface area (Å²) >= 11 is 11.8. The maximum atomic E-state index is 8.97. The van der Waals surface area contributed by atoms with Gasteiger partial charge in [0.15, 0.2) is 5.82 Å². The molecule has 20 heavy (non-hydrogen) atoms. The summed E-state index contributed by atoms with van der Waals surface area (Å²) in [5.41, 5.74) is 6.73. The van der Waals surface area contributed by atoms with Gasteiger partial charge >= 0.3 is 0 Å². The zero-order chi connectivity index (χ0) is 14.7. The Hall–Kier alpha value is -2.47. The first-order valence-corrected chi connectivity index (χ1v) is 6.13. The third-order valence-corrected chi connectivity index (χ3v) is 3.07. The normalized spacial score (nSPS) is 9.60. The van der Waals surface area contributed by atoms with Crippen molar-refractivity contribution in [1.29, 1.82) is 10.5 Å². The highest BCUT2D eigenvalue weighted by Crippen LogP contribution is 2.29. The summed E-state index contributed by atoms with van der Waals surface area (Å²) in [6.45, 7) is 0. The first-order chi connectivity index (χ1) is 9.55. The molecule has 2 rings (SSSR count). The summed E-state index contributed by atoms with van der Waals surface area (Å²) in [6, 6.07) is 10.1. The van der Waals surface area contributed by atoms with Crippen LogP contribution in [0.1, 0.15) is 11.1 Å². The maximum Gasteiger partial charge on any atom is 0.151 e. The summed E-state index contributed by atoms with van der Waals surface area (Å²) < 4.78 is 0. The van der Waals surface area contributed by atoms with Gasteiger partial charge in [0.05, 0.1) is 21.2 Å². The van der Waals surface area contributed by atoms with E-state index in [4.69, 9.17) is 39.5 Å². The first-order valence-electron chi connectivity index (χ1n) is 5.38. The van der Waals surface area contributed by atoms with Crippen molar-refractivity contribution in [3.8, 4) is 12.1 Å². The molecule has 0 aliphatic carbocycles. The van der Waals surface area contributed by atoms with Crippen LogP contribution in [0.2, 0.25) is 10.0 Å². The molecule has 98 valence electrons. The number of hydrogen-bond donors (Lipinski definition) is 2. The van der Waals surface area contributed by atoms with Crippen LogP contribution in [0.3, 0.4) is 0 Å². The van der Waals surface area contributed by atoms with E-state index in [-0.39, 0.29) is 16.4 Å². The second-order valence-corrected chi connectivity index (χ2v) is 4.61. The predicted molar refractivity (Wildman–Crippen MR) is 77.8 cm³/mol. The van der Waals surface area contributed by atoms with Gasteiger partial charge in [-0.3, -0.25) is 0 Å². The molecule has 0 unspecified atom stereocenters. The fraction of sp³-hybridized carbons (Fsp3) is 0. The summed E-state index contributed by atoms with van der Waals surface area (Å²) in [6.07, 6.45) is 0. The van der Waals surface area contributed by atoms with Crippen molar-refractivity contribution >= 4 is 40.5 Å². The van der Waals surface area contributed by atoms with Gasteiger partial charge in [0.2, 0.25) is 0 Å². The van der Waals surface area contributed by atoms with Gasteiger partial charge in [-0.15, -0.1) is 0 Å². The SMILES string of the molecule is N#Cc1ccc(Nc2nc(N)c(Cl)cc2Cl)cc1C#N. The van der Waals surface area contributed by atoms with Crippen LogP contribution in [0.5, 0.6) is 0 Å². The summed E-state index contributed by atoms with van der Waals surface area (Å²) in [5.74, 6) is 0.467. The average molecular weight is 304 g/mol. The topological polar surface area (TPSA) is 98.5 Å². The summed E-state index contributed by atoms with van der Waals surface area (Å²) in [5, 5.41) is 21.3. The number of nitrogens with one attached hydrogen (secondary N) is 1. The predicted octanol–water partition coefficient (Wildman–Crippen LogP) is 3.46. The molecule has 0 aliphatic rings. The van der Waals surface area contributed by atoms with Crippen LogP contribution >= 0.6 is 23.2 Å². The number of hydrogen-bond acceptors (Lipinski definition) is 5. The zero-order valence-corrected chi connectivity index (χ0v) is 11.5. The molecular weight excluding hydrogens is 297 g/mol. The first kappa shape index (κ1) is 14.0. The van der Waals surface area contributed by atoms with Crippen LogP contribution in [-0.2, 0) is 0 Å². The molecule has 0 radical (unpaired) electrons. The number of benzene rings is 1. The zero-order valence-electron chi connectivity index (χ0n) is 9.98.